The third kappa shape index (κ3) is 2.95. The zero-order chi connectivity index (χ0) is 13.1. The highest BCUT2D eigenvalue weighted by Crippen LogP contribution is 2.26. The topological polar surface area (TPSA) is 94.9 Å². The fourth-order valence-corrected chi connectivity index (χ4v) is 2.18. The lowest BCUT2D eigenvalue weighted by atomic mass is 10.3. The molecule has 18 heavy (non-hydrogen) atoms. The maximum absolute atomic E-state index is 10.5. The standard InChI is InChI=1S/C11H10N4O2S/c1-7-6-10(12)14-11(13-7)18-9-4-2-8(3-5-9)15(16)17/h2-6H,1H3,(H2,12,13,14). The summed E-state index contributed by atoms with van der Waals surface area (Å²) in [5, 5.41) is 11.0. The number of hydrogen-bond donors (Lipinski definition) is 1. The van der Waals surface area contributed by atoms with E-state index in [-0.39, 0.29) is 5.69 Å². The molecule has 0 saturated heterocycles. The minimum atomic E-state index is -0.435. The lowest BCUT2D eigenvalue weighted by Gasteiger charge is -2.02. The fraction of sp³-hybridized carbons (Fsp3) is 0.0909. The summed E-state index contributed by atoms with van der Waals surface area (Å²) < 4.78 is 0. The number of nitrogens with zero attached hydrogens (tertiary/aromatic N) is 3. The van der Waals surface area contributed by atoms with Crippen molar-refractivity contribution < 1.29 is 4.92 Å². The van der Waals surface area contributed by atoms with Crippen LogP contribution < -0.4 is 5.73 Å². The molecule has 0 radical (unpaired) electrons. The van der Waals surface area contributed by atoms with Crippen molar-refractivity contribution in [3.05, 3.63) is 46.1 Å². The van der Waals surface area contributed by atoms with Crippen molar-refractivity contribution in [2.75, 3.05) is 5.73 Å². The van der Waals surface area contributed by atoms with Crippen LogP contribution in [0.1, 0.15) is 5.69 Å². The number of nitrogen functional groups attached to an aromatic ring is 1. The summed E-state index contributed by atoms with van der Waals surface area (Å²) in [6.07, 6.45) is 0. The molecule has 6 nitrogen and oxygen atoms in total. The van der Waals surface area contributed by atoms with Crippen LogP contribution in [0.2, 0.25) is 0 Å². The first-order valence-corrected chi connectivity index (χ1v) is 5.90. The van der Waals surface area contributed by atoms with Crippen LogP contribution in [0.5, 0.6) is 0 Å². The van der Waals surface area contributed by atoms with Crippen LogP contribution in [0, 0.1) is 17.0 Å². The lowest BCUT2D eigenvalue weighted by Crippen LogP contribution is -1.96. The highest BCUT2D eigenvalue weighted by Gasteiger charge is 2.06. The van der Waals surface area contributed by atoms with Crippen molar-refractivity contribution in [1.29, 1.82) is 0 Å². The summed E-state index contributed by atoms with van der Waals surface area (Å²) in [7, 11) is 0. The molecule has 0 unspecified atom stereocenters. The molecule has 2 N–H and O–H groups in total. The number of nitro groups is 1. The number of rotatable bonds is 3. The van der Waals surface area contributed by atoms with Crippen molar-refractivity contribution in [3.8, 4) is 0 Å². The molecular formula is C11H10N4O2S. The van der Waals surface area contributed by atoms with Gasteiger partial charge in [-0.25, -0.2) is 9.97 Å². The van der Waals surface area contributed by atoms with Gasteiger partial charge in [0.25, 0.3) is 5.69 Å². The maximum atomic E-state index is 10.5. The van der Waals surface area contributed by atoms with E-state index in [9.17, 15) is 10.1 Å². The van der Waals surface area contributed by atoms with Gasteiger partial charge in [-0.15, -0.1) is 0 Å². The van der Waals surface area contributed by atoms with Gasteiger partial charge in [-0.2, -0.15) is 0 Å². The van der Waals surface area contributed by atoms with E-state index < -0.39 is 4.92 Å². The van der Waals surface area contributed by atoms with E-state index in [2.05, 4.69) is 9.97 Å². The molecule has 1 aromatic heterocycles. The Morgan fingerprint density at radius 2 is 1.94 bits per heavy atom. The van der Waals surface area contributed by atoms with Gasteiger partial charge in [0.2, 0.25) is 0 Å². The second-order valence-electron chi connectivity index (χ2n) is 3.57. The van der Waals surface area contributed by atoms with E-state index in [4.69, 9.17) is 5.73 Å². The molecule has 0 bridgehead atoms. The second-order valence-corrected chi connectivity index (χ2v) is 4.61. The first-order chi connectivity index (χ1) is 8.54. The molecule has 2 aromatic rings. The Morgan fingerprint density at radius 1 is 1.28 bits per heavy atom. The van der Waals surface area contributed by atoms with Crippen LogP contribution in [0.25, 0.3) is 0 Å². The molecule has 7 heteroatoms. The van der Waals surface area contributed by atoms with E-state index in [0.29, 0.717) is 11.0 Å². The summed E-state index contributed by atoms with van der Waals surface area (Å²) in [5.41, 5.74) is 6.47. The Labute approximate surface area is 107 Å². The minimum Gasteiger partial charge on any atom is -0.384 e. The number of aromatic nitrogens is 2. The molecule has 0 aliphatic rings. The molecule has 92 valence electrons. The zero-order valence-corrected chi connectivity index (χ0v) is 10.3. The predicted molar refractivity (Wildman–Crippen MR) is 68.4 cm³/mol. The smallest absolute Gasteiger partial charge is 0.269 e. The van der Waals surface area contributed by atoms with E-state index >= 15 is 0 Å². The Bertz CT molecular complexity index is 566. The molecule has 0 aliphatic heterocycles. The highest BCUT2D eigenvalue weighted by molar-refractivity contribution is 7.99. The largest absolute Gasteiger partial charge is 0.384 e. The van der Waals surface area contributed by atoms with Crippen LogP contribution in [0.3, 0.4) is 0 Å². The van der Waals surface area contributed by atoms with Crippen LogP contribution in [0.4, 0.5) is 11.5 Å². The Kier molecular flexibility index (Phi) is 3.42. The first kappa shape index (κ1) is 12.3. The molecule has 1 heterocycles. The van der Waals surface area contributed by atoms with Gasteiger partial charge in [-0.3, -0.25) is 10.1 Å². The van der Waals surface area contributed by atoms with Gasteiger partial charge in [0.1, 0.15) is 5.82 Å². The van der Waals surface area contributed by atoms with E-state index in [1.165, 1.54) is 23.9 Å². The van der Waals surface area contributed by atoms with Gasteiger partial charge in [-0.1, -0.05) is 0 Å². The molecule has 0 saturated carbocycles. The summed E-state index contributed by atoms with van der Waals surface area (Å²) in [6, 6.07) is 7.89. The summed E-state index contributed by atoms with van der Waals surface area (Å²) in [6.45, 7) is 1.83. The van der Waals surface area contributed by atoms with Gasteiger partial charge in [0.15, 0.2) is 5.16 Å². The molecule has 0 fully saturated rings. The quantitative estimate of drug-likeness (QED) is 0.518. The third-order valence-corrected chi connectivity index (χ3v) is 2.98. The van der Waals surface area contributed by atoms with Crippen LogP contribution in [-0.4, -0.2) is 14.9 Å². The van der Waals surface area contributed by atoms with Gasteiger partial charge in [-0.05, 0) is 30.8 Å². The van der Waals surface area contributed by atoms with E-state index in [1.54, 1.807) is 18.2 Å². The van der Waals surface area contributed by atoms with Gasteiger partial charge in [0, 0.05) is 28.8 Å². The van der Waals surface area contributed by atoms with Crippen molar-refractivity contribution in [3.63, 3.8) is 0 Å². The number of aryl methyl sites for hydroxylation is 1. The fourth-order valence-electron chi connectivity index (χ4n) is 1.35. The average molecular weight is 262 g/mol. The first-order valence-electron chi connectivity index (χ1n) is 5.08. The van der Waals surface area contributed by atoms with Gasteiger partial charge >= 0.3 is 0 Å². The third-order valence-electron chi connectivity index (χ3n) is 2.11. The molecular weight excluding hydrogens is 252 g/mol. The van der Waals surface area contributed by atoms with Crippen LogP contribution >= 0.6 is 11.8 Å². The van der Waals surface area contributed by atoms with Crippen LogP contribution in [0.15, 0.2) is 40.4 Å². The number of benzene rings is 1. The van der Waals surface area contributed by atoms with Crippen molar-refractivity contribution in [1.82, 2.24) is 9.97 Å². The summed E-state index contributed by atoms with van der Waals surface area (Å²) >= 11 is 1.31. The minimum absolute atomic E-state index is 0.0593. The lowest BCUT2D eigenvalue weighted by molar-refractivity contribution is -0.384. The Morgan fingerprint density at radius 3 is 2.50 bits per heavy atom. The Hall–Kier alpha value is -2.15. The molecule has 0 spiro atoms. The monoisotopic (exact) mass is 262 g/mol. The van der Waals surface area contributed by atoms with Crippen molar-refractivity contribution >= 4 is 23.3 Å². The van der Waals surface area contributed by atoms with Gasteiger partial charge in [0.05, 0.1) is 4.92 Å². The van der Waals surface area contributed by atoms with E-state index in [1.807, 2.05) is 6.92 Å². The normalized spacial score (nSPS) is 10.3. The predicted octanol–water partition coefficient (Wildman–Crippen LogP) is 2.43. The zero-order valence-electron chi connectivity index (χ0n) is 9.53. The van der Waals surface area contributed by atoms with Crippen LogP contribution in [-0.2, 0) is 0 Å². The number of nitro benzene ring substituents is 1. The number of nitrogens with two attached hydrogens (primary N) is 1. The molecule has 0 amide bonds. The molecule has 0 atom stereocenters. The molecule has 2 rings (SSSR count). The average Bonchev–Trinajstić information content (AvgIpc) is 2.28. The van der Waals surface area contributed by atoms with E-state index in [0.717, 1.165) is 10.6 Å². The number of anilines is 1. The Balaban J connectivity index is 2.20. The molecule has 1 aromatic carbocycles. The number of hydrogen-bond acceptors (Lipinski definition) is 6. The second kappa shape index (κ2) is 5.01. The highest BCUT2D eigenvalue weighted by atomic mass is 32.2. The number of non-ortho nitro benzene ring substituents is 1. The SMILES string of the molecule is Cc1cc(N)nc(Sc2ccc([N+](=O)[O-])cc2)n1. The summed E-state index contributed by atoms with van der Waals surface area (Å²) in [4.78, 5) is 19.2. The van der Waals surface area contributed by atoms with Crippen molar-refractivity contribution in [2.24, 2.45) is 0 Å². The molecule has 0 aliphatic carbocycles. The summed E-state index contributed by atoms with van der Waals surface area (Å²) in [5.74, 6) is 0.409. The van der Waals surface area contributed by atoms with Crippen molar-refractivity contribution in [2.45, 2.75) is 17.0 Å². The van der Waals surface area contributed by atoms with Gasteiger partial charge < -0.3 is 5.73 Å². The maximum Gasteiger partial charge on any atom is 0.269 e.